The zero-order valence-electron chi connectivity index (χ0n) is 34.4. The molecule has 0 spiro atoms. The van der Waals surface area contributed by atoms with E-state index in [1.807, 2.05) is 62.6 Å². The number of aromatic nitrogens is 2. The van der Waals surface area contributed by atoms with Gasteiger partial charge in [-0.3, -0.25) is 20.4 Å². The van der Waals surface area contributed by atoms with Gasteiger partial charge < -0.3 is 30.3 Å². The van der Waals surface area contributed by atoms with Crippen molar-refractivity contribution < 1.29 is 19.1 Å². The average molecular weight is 821 g/mol. The van der Waals surface area contributed by atoms with Crippen LogP contribution in [0.4, 0.5) is 31.2 Å². The van der Waals surface area contributed by atoms with Crippen molar-refractivity contribution in [2.75, 3.05) is 93.9 Å². The number of rotatable bonds is 14. The van der Waals surface area contributed by atoms with Crippen LogP contribution in [0.3, 0.4) is 0 Å². The lowest BCUT2D eigenvalue weighted by molar-refractivity contribution is 0.149. The van der Waals surface area contributed by atoms with E-state index in [0.29, 0.717) is 58.2 Å². The largest absolute Gasteiger partial charge is 0.491 e. The van der Waals surface area contributed by atoms with Crippen molar-refractivity contribution in [2.45, 2.75) is 54.6 Å². The number of nitrogens with zero attached hydrogens (tertiary/aromatic N) is 5. The first-order chi connectivity index (χ1) is 27.4. The Balaban J connectivity index is 0.000000218. The number of ether oxygens (including phenoxy) is 2. The zero-order valence-corrected chi connectivity index (χ0v) is 36.1. The SMILES string of the molecule is Cc1ccc(NC(=O)Nc2ncc(CN3CCN(C)CC3)s2)c(OCC(C)C)c1.Cc1ccc(NC(=O)Nc2ncc(CN3CCNCC3)s2)c(OCC(C)C)c1. The van der Waals surface area contributed by atoms with Crippen LogP contribution in [0.15, 0.2) is 48.8 Å². The highest BCUT2D eigenvalue weighted by atomic mass is 32.1. The topological polar surface area (TPSA) is 148 Å². The summed E-state index contributed by atoms with van der Waals surface area (Å²) in [6.07, 6.45) is 3.69. The van der Waals surface area contributed by atoms with Gasteiger partial charge in [-0.1, -0.05) is 39.8 Å². The van der Waals surface area contributed by atoms with Crippen molar-refractivity contribution in [3.05, 3.63) is 69.7 Å². The van der Waals surface area contributed by atoms with E-state index >= 15 is 0 Å². The first-order valence-electron chi connectivity index (χ1n) is 19.7. The summed E-state index contributed by atoms with van der Waals surface area (Å²) in [5, 5.41) is 16.0. The van der Waals surface area contributed by atoms with Crippen LogP contribution in [-0.4, -0.2) is 109 Å². The maximum absolute atomic E-state index is 12.5. The summed E-state index contributed by atoms with van der Waals surface area (Å²) in [6, 6.07) is 10.9. The van der Waals surface area contributed by atoms with Crippen molar-refractivity contribution in [2.24, 2.45) is 11.8 Å². The molecule has 14 nitrogen and oxygen atoms in total. The minimum absolute atomic E-state index is 0.316. The molecule has 2 aliphatic heterocycles. The average Bonchev–Trinajstić information content (AvgIpc) is 3.81. The number of likely N-dealkylation sites (N-methyl/N-ethyl adjacent to an activating group) is 1. The second-order valence-corrected chi connectivity index (χ2v) is 17.7. The molecule has 2 saturated heterocycles. The number of urea groups is 2. The Labute approximate surface area is 345 Å². The van der Waals surface area contributed by atoms with Crippen LogP contribution in [0, 0.1) is 25.7 Å². The molecule has 0 aliphatic carbocycles. The van der Waals surface area contributed by atoms with E-state index in [1.165, 1.54) is 22.7 Å². The summed E-state index contributed by atoms with van der Waals surface area (Å²) in [5.41, 5.74) is 3.48. The molecule has 4 amide bonds. The number of piperazine rings is 2. The minimum Gasteiger partial charge on any atom is -0.491 e. The van der Waals surface area contributed by atoms with Gasteiger partial charge >= 0.3 is 12.1 Å². The summed E-state index contributed by atoms with van der Waals surface area (Å²) >= 11 is 3.03. The third-order valence-electron chi connectivity index (χ3n) is 9.03. The normalized spacial score (nSPS) is 15.2. The smallest absolute Gasteiger partial charge is 0.325 e. The second-order valence-electron chi connectivity index (χ2n) is 15.4. The van der Waals surface area contributed by atoms with Gasteiger partial charge in [0.15, 0.2) is 10.3 Å². The monoisotopic (exact) mass is 820 g/mol. The first-order valence-corrected chi connectivity index (χ1v) is 21.4. The molecular weight excluding hydrogens is 761 g/mol. The van der Waals surface area contributed by atoms with E-state index < -0.39 is 0 Å². The number of hydrogen-bond acceptors (Lipinski definition) is 12. The highest BCUT2D eigenvalue weighted by Gasteiger charge is 2.17. The van der Waals surface area contributed by atoms with Crippen LogP contribution in [0.25, 0.3) is 0 Å². The number of amides is 4. The standard InChI is InChI=1S/C21H31N5O2S.C20H29N5O2S/c1-15(2)14-28-19-11-16(3)5-6-18(19)23-20(27)24-21-22-12-17(29-21)13-26-9-7-25(4)8-10-26;1-14(2)13-27-18-10-15(3)4-5-17(18)23-19(26)24-20-22-11-16(28-20)12-25-8-6-21-7-9-25/h5-6,11-12,15H,7-10,13-14H2,1-4H3,(H2,22,23,24,27);4-5,10-11,14,21H,6-9,12-13H2,1-3H3,(H2,22,23,24,26). The Morgan fingerprint density at radius 3 is 1.56 bits per heavy atom. The maximum atomic E-state index is 12.5. The van der Waals surface area contributed by atoms with Crippen molar-refractivity contribution in [1.29, 1.82) is 0 Å². The fourth-order valence-corrected chi connectivity index (χ4v) is 7.61. The number of carbonyl (C=O) groups is 2. The molecule has 4 heterocycles. The molecule has 6 rings (SSSR count). The molecule has 16 heteroatoms. The van der Waals surface area contributed by atoms with E-state index in [4.69, 9.17) is 9.47 Å². The van der Waals surface area contributed by atoms with E-state index in [0.717, 1.165) is 86.3 Å². The molecule has 2 aliphatic rings. The van der Waals surface area contributed by atoms with Gasteiger partial charge in [0.1, 0.15) is 11.5 Å². The number of hydrogen-bond donors (Lipinski definition) is 5. The molecule has 4 aromatic rings. The predicted octanol–water partition coefficient (Wildman–Crippen LogP) is 7.41. The molecule has 2 aromatic carbocycles. The number of aryl methyl sites for hydroxylation is 2. The minimum atomic E-state index is -0.318. The van der Waals surface area contributed by atoms with Gasteiger partial charge in [-0.05, 0) is 68.1 Å². The van der Waals surface area contributed by atoms with Crippen molar-refractivity contribution in [3.63, 3.8) is 0 Å². The number of carbonyl (C=O) groups excluding carboxylic acids is 2. The number of benzene rings is 2. The van der Waals surface area contributed by atoms with Crippen LogP contribution in [0.5, 0.6) is 11.5 Å². The van der Waals surface area contributed by atoms with Crippen LogP contribution >= 0.6 is 22.7 Å². The first kappa shape index (κ1) is 43.8. The van der Waals surface area contributed by atoms with Crippen LogP contribution in [-0.2, 0) is 13.1 Å². The second kappa shape index (κ2) is 22.0. The van der Waals surface area contributed by atoms with E-state index in [-0.39, 0.29) is 12.1 Å². The van der Waals surface area contributed by atoms with Gasteiger partial charge in [-0.2, -0.15) is 0 Å². The molecule has 310 valence electrons. The molecule has 0 saturated carbocycles. The van der Waals surface area contributed by atoms with Gasteiger partial charge in [-0.15, -0.1) is 22.7 Å². The molecule has 57 heavy (non-hydrogen) atoms. The highest BCUT2D eigenvalue weighted by molar-refractivity contribution is 7.16. The summed E-state index contributed by atoms with van der Waals surface area (Å²) in [5.74, 6) is 2.18. The van der Waals surface area contributed by atoms with Crippen LogP contribution < -0.4 is 36.1 Å². The van der Waals surface area contributed by atoms with E-state index in [2.05, 4.69) is 86.0 Å². The molecular formula is C41H60N10O4S2. The summed E-state index contributed by atoms with van der Waals surface area (Å²) in [7, 11) is 2.15. The fraction of sp³-hybridized carbons (Fsp3) is 0.512. The maximum Gasteiger partial charge on any atom is 0.325 e. The Hall–Kier alpha value is -4.32. The third kappa shape index (κ3) is 15.2. The number of thiazole rings is 2. The van der Waals surface area contributed by atoms with Gasteiger partial charge in [0.25, 0.3) is 0 Å². The fourth-order valence-electron chi connectivity index (χ4n) is 5.91. The Bertz CT molecular complexity index is 1870. The van der Waals surface area contributed by atoms with Crippen LogP contribution in [0.2, 0.25) is 0 Å². The number of nitrogens with one attached hydrogen (secondary N) is 5. The van der Waals surface area contributed by atoms with Gasteiger partial charge in [0.05, 0.1) is 24.6 Å². The lowest BCUT2D eigenvalue weighted by atomic mass is 10.2. The Morgan fingerprint density at radius 1 is 0.684 bits per heavy atom. The molecule has 0 radical (unpaired) electrons. The molecule has 0 unspecified atom stereocenters. The van der Waals surface area contributed by atoms with E-state index in [1.54, 1.807) is 0 Å². The van der Waals surface area contributed by atoms with Crippen molar-refractivity contribution in [1.82, 2.24) is 30.0 Å². The summed E-state index contributed by atoms with van der Waals surface area (Å²) in [4.78, 5) is 43.0. The van der Waals surface area contributed by atoms with Crippen LogP contribution in [0.1, 0.15) is 48.6 Å². The van der Waals surface area contributed by atoms with Gasteiger partial charge in [-0.25, -0.2) is 19.6 Å². The highest BCUT2D eigenvalue weighted by Crippen LogP contribution is 2.29. The van der Waals surface area contributed by atoms with Crippen molar-refractivity contribution >= 4 is 56.4 Å². The molecule has 5 N–H and O–H groups in total. The van der Waals surface area contributed by atoms with Gasteiger partial charge in [0, 0.05) is 87.6 Å². The van der Waals surface area contributed by atoms with Gasteiger partial charge in [0.2, 0.25) is 0 Å². The molecule has 2 fully saturated rings. The summed E-state index contributed by atoms with van der Waals surface area (Å²) < 4.78 is 11.7. The van der Waals surface area contributed by atoms with Crippen molar-refractivity contribution in [3.8, 4) is 11.5 Å². The predicted molar refractivity (Wildman–Crippen MR) is 233 cm³/mol. The zero-order chi connectivity index (χ0) is 40.7. The third-order valence-corrected chi connectivity index (χ3v) is 10.8. The molecule has 0 atom stereocenters. The Kier molecular flexibility index (Phi) is 16.9. The quantitative estimate of drug-likeness (QED) is 0.0871. The molecule has 2 aromatic heterocycles. The lowest BCUT2D eigenvalue weighted by Gasteiger charge is -2.31. The Morgan fingerprint density at radius 2 is 1.12 bits per heavy atom. The summed E-state index contributed by atoms with van der Waals surface area (Å²) in [6.45, 7) is 23.7. The lowest BCUT2D eigenvalue weighted by Crippen LogP contribution is -2.43. The van der Waals surface area contributed by atoms with E-state index in [9.17, 15) is 9.59 Å². The number of anilines is 4. The molecule has 0 bridgehead atoms.